The first-order valence-electron chi connectivity index (χ1n) is 4.99. The zero-order chi connectivity index (χ0) is 12.0. The van der Waals surface area contributed by atoms with E-state index >= 15 is 0 Å². The van der Waals surface area contributed by atoms with Crippen LogP contribution in [0.25, 0.3) is 0 Å². The first-order valence-corrected chi connectivity index (χ1v) is 6.64. The molecule has 0 aliphatic carbocycles. The van der Waals surface area contributed by atoms with E-state index in [1.54, 1.807) is 31.2 Å². The highest BCUT2D eigenvalue weighted by atomic mass is 32.2. The van der Waals surface area contributed by atoms with Gasteiger partial charge in [-0.3, -0.25) is 0 Å². The molecule has 0 spiro atoms. The lowest BCUT2D eigenvalue weighted by molar-refractivity contribution is 0.597. The van der Waals surface area contributed by atoms with Crippen molar-refractivity contribution in [1.82, 2.24) is 5.32 Å². The molecule has 1 aromatic rings. The van der Waals surface area contributed by atoms with Gasteiger partial charge in [-0.2, -0.15) is 5.26 Å². The Morgan fingerprint density at radius 1 is 1.31 bits per heavy atom. The number of hydrogen-bond acceptors (Lipinski definition) is 4. The molecule has 86 valence electrons. The Morgan fingerprint density at radius 3 is 2.44 bits per heavy atom. The molecule has 1 N–H and O–H groups in total. The van der Waals surface area contributed by atoms with E-state index in [0.29, 0.717) is 11.4 Å². The summed E-state index contributed by atoms with van der Waals surface area (Å²) >= 11 is 0. The lowest BCUT2D eigenvalue weighted by Gasteiger charge is -2.04. The van der Waals surface area contributed by atoms with Crippen molar-refractivity contribution in [3.63, 3.8) is 0 Å². The molecule has 0 atom stereocenters. The lowest BCUT2D eigenvalue weighted by atomic mass is 10.2. The van der Waals surface area contributed by atoms with E-state index < -0.39 is 9.84 Å². The Kier molecular flexibility index (Phi) is 4.47. The maximum Gasteiger partial charge on any atom is 0.178 e. The number of rotatable bonds is 5. The van der Waals surface area contributed by atoms with Gasteiger partial charge in [0.25, 0.3) is 0 Å². The van der Waals surface area contributed by atoms with Crippen LogP contribution in [0.15, 0.2) is 29.2 Å². The second-order valence-electron chi connectivity index (χ2n) is 3.31. The monoisotopic (exact) mass is 238 g/mol. The summed E-state index contributed by atoms with van der Waals surface area (Å²) in [6, 6.07) is 8.69. The van der Waals surface area contributed by atoms with Crippen LogP contribution >= 0.6 is 0 Å². The van der Waals surface area contributed by atoms with Crippen molar-refractivity contribution in [3.05, 3.63) is 29.8 Å². The summed E-state index contributed by atoms with van der Waals surface area (Å²) in [5.41, 5.74) is 0.963. The van der Waals surface area contributed by atoms with Crippen molar-refractivity contribution in [2.75, 3.05) is 12.3 Å². The van der Waals surface area contributed by atoms with Crippen molar-refractivity contribution in [2.45, 2.75) is 18.4 Å². The molecular formula is C11H14N2O2S. The first-order chi connectivity index (χ1) is 7.60. The molecule has 0 radical (unpaired) electrons. The molecule has 0 saturated heterocycles. The van der Waals surface area contributed by atoms with Crippen LogP contribution in [0.4, 0.5) is 0 Å². The summed E-state index contributed by atoms with van der Waals surface area (Å²) in [5.74, 6) is 0.110. The van der Waals surface area contributed by atoms with Gasteiger partial charge in [0.05, 0.1) is 23.3 Å². The predicted octanol–water partition coefficient (Wildman–Crippen LogP) is 1.09. The van der Waals surface area contributed by atoms with E-state index in [2.05, 4.69) is 5.32 Å². The molecule has 1 rings (SSSR count). The Hall–Kier alpha value is -1.38. The minimum atomic E-state index is -3.11. The molecule has 16 heavy (non-hydrogen) atoms. The van der Waals surface area contributed by atoms with Crippen LogP contribution in [0.1, 0.15) is 12.5 Å². The molecule has 0 aromatic heterocycles. The minimum Gasteiger partial charge on any atom is -0.300 e. The van der Waals surface area contributed by atoms with E-state index in [1.807, 2.05) is 6.07 Å². The molecule has 0 unspecified atom stereocenters. The smallest absolute Gasteiger partial charge is 0.178 e. The van der Waals surface area contributed by atoms with Crippen molar-refractivity contribution in [1.29, 1.82) is 5.26 Å². The van der Waals surface area contributed by atoms with Crippen molar-refractivity contribution < 1.29 is 8.42 Å². The summed E-state index contributed by atoms with van der Waals surface area (Å²) in [5, 5.41) is 11.2. The summed E-state index contributed by atoms with van der Waals surface area (Å²) in [4.78, 5) is 0.346. The van der Waals surface area contributed by atoms with Gasteiger partial charge in [0.15, 0.2) is 9.84 Å². The highest BCUT2D eigenvalue weighted by Gasteiger charge is 2.10. The maximum absolute atomic E-state index is 11.5. The summed E-state index contributed by atoms with van der Waals surface area (Å²) in [6.45, 7) is 2.48. The van der Waals surface area contributed by atoms with Gasteiger partial charge >= 0.3 is 0 Å². The summed E-state index contributed by atoms with van der Waals surface area (Å²) in [7, 11) is -3.11. The molecule has 5 heteroatoms. The Morgan fingerprint density at radius 2 is 1.94 bits per heavy atom. The molecule has 0 saturated carbocycles. The van der Waals surface area contributed by atoms with Crippen LogP contribution in [0, 0.1) is 11.3 Å². The van der Waals surface area contributed by atoms with Gasteiger partial charge in [0.2, 0.25) is 0 Å². The molecule has 0 fully saturated rings. The van der Waals surface area contributed by atoms with Crippen molar-refractivity contribution in [3.8, 4) is 6.07 Å². The normalized spacial score (nSPS) is 11.0. The number of nitrogens with one attached hydrogen (secondary N) is 1. The number of hydrogen-bond donors (Lipinski definition) is 1. The van der Waals surface area contributed by atoms with Crippen LogP contribution in [0.3, 0.4) is 0 Å². The van der Waals surface area contributed by atoms with E-state index in [4.69, 9.17) is 5.26 Å². The third kappa shape index (κ3) is 3.33. The Balaban J connectivity index is 2.73. The summed E-state index contributed by atoms with van der Waals surface area (Å²) < 4.78 is 23.0. The number of sulfone groups is 1. The van der Waals surface area contributed by atoms with Crippen LogP contribution < -0.4 is 5.32 Å². The van der Waals surface area contributed by atoms with Gasteiger partial charge in [-0.1, -0.05) is 19.1 Å². The zero-order valence-corrected chi connectivity index (χ0v) is 9.92. The second kappa shape index (κ2) is 5.64. The molecule has 0 bridgehead atoms. The number of nitrogens with zero attached hydrogens (tertiary/aromatic N) is 1. The van der Waals surface area contributed by atoms with Gasteiger partial charge < -0.3 is 5.32 Å². The van der Waals surface area contributed by atoms with Gasteiger partial charge in [0, 0.05) is 6.54 Å². The summed E-state index contributed by atoms with van der Waals surface area (Å²) in [6.07, 6.45) is 0. The maximum atomic E-state index is 11.5. The molecule has 0 heterocycles. The van der Waals surface area contributed by atoms with Crippen LogP contribution in [0.2, 0.25) is 0 Å². The van der Waals surface area contributed by atoms with Gasteiger partial charge in [-0.15, -0.1) is 0 Å². The van der Waals surface area contributed by atoms with Crippen LogP contribution in [0.5, 0.6) is 0 Å². The highest BCUT2D eigenvalue weighted by Crippen LogP contribution is 2.12. The molecule has 1 aromatic carbocycles. The third-order valence-electron chi connectivity index (χ3n) is 2.20. The molecule has 0 amide bonds. The quantitative estimate of drug-likeness (QED) is 0.616. The van der Waals surface area contributed by atoms with Gasteiger partial charge in [0.1, 0.15) is 0 Å². The fourth-order valence-electron chi connectivity index (χ4n) is 1.24. The molecule has 4 nitrogen and oxygen atoms in total. The predicted molar refractivity (Wildman–Crippen MR) is 61.5 cm³/mol. The van der Waals surface area contributed by atoms with Crippen molar-refractivity contribution in [2.24, 2.45) is 0 Å². The topological polar surface area (TPSA) is 70.0 Å². The minimum absolute atomic E-state index is 0.110. The van der Waals surface area contributed by atoms with Crippen LogP contribution in [-0.4, -0.2) is 20.7 Å². The zero-order valence-electron chi connectivity index (χ0n) is 9.10. The fraction of sp³-hybridized carbons (Fsp3) is 0.364. The highest BCUT2D eigenvalue weighted by molar-refractivity contribution is 7.91. The van der Waals surface area contributed by atoms with Gasteiger partial charge in [-0.25, -0.2) is 8.42 Å². The number of nitriles is 1. The average Bonchev–Trinajstić information content (AvgIpc) is 2.30. The standard InChI is InChI=1S/C11H14N2O2S/c1-2-16(14,15)11-5-3-10(4-6-11)9-13-8-7-12/h3-6,13H,2,8-9H2,1H3. The Labute approximate surface area is 95.8 Å². The van der Waals surface area contributed by atoms with E-state index in [9.17, 15) is 8.42 Å². The number of benzene rings is 1. The molecule has 0 aliphatic rings. The largest absolute Gasteiger partial charge is 0.300 e. The van der Waals surface area contributed by atoms with Crippen molar-refractivity contribution >= 4 is 9.84 Å². The molecular weight excluding hydrogens is 224 g/mol. The van der Waals surface area contributed by atoms with E-state index in [1.165, 1.54) is 0 Å². The fourth-order valence-corrected chi connectivity index (χ4v) is 2.13. The van der Waals surface area contributed by atoms with Crippen LogP contribution in [-0.2, 0) is 16.4 Å². The second-order valence-corrected chi connectivity index (χ2v) is 5.59. The lowest BCUT2D eigenvalue weighted by Crippen LogP contribution is -2.13. The average molecular weight is 238 g/mol. The third-order valence-corrected chi connectivity index (χ3v) is 3.95. The molecule has 0 aliphatic heterocycles. The Bertz CT molecular complexity index is 472. The van der Waals surface area contributed by atoms with Gasteiger partial charge in [-0.05, 0) is 17.7 Å². The first kappa shape index (κ1) is 12.7. The SMILES string of the molecule is CCS(=O)(=O)c1ccc(CNCC#N)cc1. The van der Waals surface area contributed by atoms with E-state index in [-0.39, 0.29) is 12.3 Å². The van der Waals surface area contributed by atoms with E-state index in [0.717, 1.165) is 5.56 Å².